The van der Waals surface area contributed by atoms with E-state index in [1.54, 1.807) is 0 Å². The van der Waals surface area contributed by atoms with Crippen molar-refractivity contribution in [2.24, 2.45) is 35.5 Å². The van der Waals surface area contributed by atoms with Gasteiger partial charge >= 0.3 is 0 Å². The maximum Gasteiger partial charge on any atom is 0.238 e. The molecule has 22 heavy (non-hydrogen) atoms. The molecular formula is C19H19NO2. The van der Waals surface area contributed by atoms with Crippen LogP contribution >= 0.6 is 0 Å². The number of benzene rings is 1. The first-order chi connectivity index (χ1) is 10.6. The standard InChI is InChI=1S/C19H19NO2/c1-9-3-4-10(2)15(7-9)20-18(21)16-11-5-6-12(14-8-13(11)14)17(16)19(20)22/h3-7,11-14,16-17H,8H2,1-2H3. The van der Waals surface area contributed by atoms with Crippen LogP contribution in [0.3, 0.4) is 0 Å². The van der Waals surface area contributed by atoms with Gasteiger partial charge in [0, 0.05) is 0 Å². The number of rotatable bonds is 1. The highest BCUT2D eigenvalue weighted by molar-refractivity contribution is 6.23. The van der Waals surface area contributed by atoms with Crippen LogP contribution in [-0.2, 0) is 9.59 Å². The summed E-state index contributed by atoms with van der Waals surface area (Å²) in [5, 5.41) is 0. The van der Waals surface area contributed by atoms with Gasteiger partial charge in [-0.1, -0.05) is 24.3 Å². The molecule has 4 aliphatic carbocycles. The highest BCUT2D eigenvalue weighted by Gasteiger charge is 2.67. The lowest BCUT2D eigenvalue weighted by Crippen LogP contribution is -2.40. The number of aryl methyl sites for hydroxylation is 2. The third-order valence-electron chi connectivity index (χ3n) is 6.27. The molecule has 2 saturated carbocycles. The SMILES string of the molecule is Cc1ccc(C)c(N2C(=O)C3C4C=CC(C5CC45)C3C2=O)c1. The Morgan fingerprint density at radius 3 is 2.14 bits per heavy atom. The fourth-order valence-corrected chi connectivity index (χ4v) is 5.15. The molecule has 3 heteroatoms. The van der Waals surface area contributed by atoms with Gasteiger partial charge < -0.3 is 0 Å². The molecule has 1 aromatic carbocycles. The Kier molecular flexibility index (Phi) is 2.23. The fourth-order valence-electron chi connectivity index (χ4n) is 5.15. The van der Waals surface area contributed by atoms with Crippen molar-refractivity contribution in [3.8, 4) is 0 Å². The van der Waals surface area contributed by atoms with E-state index in [4.69, 9.17) is 0 Å². The van der Waals surface area contributed by atoms with Crippen LogP contribution in [0.1, 0.15) is 17.5 Å². The Balaban J connectivity index is 1.62. The van der Waals surface area contributed by atoms with Gasteiger partial charge in [0.15, 0.2) is 0 Å². The summed E-state index contributed by atoms with van der Waals surface area (Å²) >= 11 is 0. The van der Waals surface area contributed by atoms with E-state index in [1.807, 2.05) is 32.0 Å². The number of imide groups is 1. The zero-order valence-electron chi connectivity index (χ0n) is 12.8. The second-order valence-corrected chi connectivity index (χ2v) is 7.46. The first kappa shape index (κ1) is 12.6. The van der Waals surface area contributed by atoms with Crippen LogP contribution in [0.5, 0.6) is 0 Å². The van der Waals surface area contributed by atoms with Crippen LogP contribution in [0.4, 0.5) is 5.69 Å². The van der Waals surface area contributed by atoms with Gasteiger partial charge in [-0.3, -0.25) is 9.59 Å². The van der Waals surface area contributed by atoms with E-state index in [2.05, 4.69) is 12.2 Å². The van der Waals surface area contributed by atoms with Crippen molar-refractivity contribution in [1.82, 2.24) is 0 Å². The lowest BCUT2D eigenvalue weighted by atomic mass is 9.63. The van der Waals surface area contributed by atoms with Crippen molar-refractivity contribution in [1.29, 1.82) is 0 Å². The van der Waals surface area contributed by atoms with E-state index < -0.39 is 0 Å². The van der Waals surface area contributed by atoms with Gasteiger partial charge in [-0.2, -0.15) is 0 Å². The van der Waals surface area contributed by atoms with E-state index in [-0.39, 0.29) is 23.7 Å². The number of anilines is 1. The minimum atomic E-state index is -0.105. The molecule has 1 aromatic rings. The molecule has 0 aromatic heterocycles. The molecular weight excluding hydrogens is 274 g/mol. The molecule has 6 unspecified atom stereocenters. The third kappa shape index (κ3) is 1.37. The Labute approximate surface area is 130 Å². The molecule has 2 bridgehead atoms. The smallest absolute Gasteiger partial charge is 0.238 e. The Bertz CT molecular complexity index is 714. The second kappa shape index (κ2) is 3.89. The number of allylic oxidation sites excluding steroid dienone is 2. The normalized spacial score (nSPS) is 40.9. The van der Waals surface area contributed by atoms with E-state index in [0.717, 1.165) is 16.8 Å². The largest absolute Gasteiger partial charge is 0.274 e. The van der Waals surface area contributed by atoms with Gasteiger partial charge in [0.05, 0.1) is 17.5 Å². The zero-order valence-corrected chi connectivity index (χ0v) is 12.8. The number of nitrogens with zero attached hydrogens (tertiary/aromatic N) is 1. The number of hydrogen-bond acceptors (Lipinski definition) is 2. The molecule has 6 atom stereocenters. The summed E-state index contributed by atoms with van der Waals surface area (Å²) in [5.41, 5.74) is 2.87. The summed E-state index contributed by atoms with van der Waals surface area (Å²) < 4.78 is 0. The van der Waals surface area contributed by atoms with Crippen molar-refractivity contribution in [3.63, 3.8) is 0 Å². The number of carbonyl (C=O) groups excluding carboxylic acids is 2. The molecule has 1 aliphatic heterocycles. The highest BCUT2D eigenvalue weighted by atomic mass is 16.2. The van der Waals surface area contributed by atoms with Gasteiger partial charge in [-0.05, 0) is 61.1 Å². The first-order valence-electron chi connectivity index (χ1n) is 8.21. The summed E-state index contributed by atoms with van der Waals surface area (Å²) in [6.45, 7) is 3.98. The van der Waals surface area contributed by atoms with Crippen molar-refractivity contribution in [2.75, 3.05) is 4.90 Å². The van der Waals surface area contributed by atoms with Crippen LogP contribution in [0.25, 0.3) is 0 Å². The van der Waals surface area contributed by atoms with Gasteiger partial charge in [-0.25, -0.2) is 4.90 Å². The molecule has 5 aliphatic rings. The molecule has 3 nitrogen and oxygen atoms in total. The lowest BCUT2D eigenvalue weighted by molar-refractivity contribution is -0.124. The predicted molar refractivity (Wildman–Crippen MR) is 83.1 cm³/mol. The van der Waals surface area contributed by atoms with Crippen molar-refractivity contribution in [2.45, 2.75) is 20.3 Å². The van der Waals surface area contributed by atoms with Crippen LogP contribution in [-0.4, -0.2) is 11.8 Å². The minimum absolute atomic E-state index is 0.0356. The summed E-state index contributed by atoms with van der Waals surface area (Å²) in [6, 6.07) is 5.99. The van der Waals surface area contributed by atoms with Crippen LogP contribution < -0.4 is 4.90 Å². The number of hydrogen-bond donors (Lipinski definition) is 0. The molecule has 0 spiro atoms. The Morgan fingerprint density at radius 2 is 1.55 bits per heavy atom. The summed E-state index contributed by atoms with van der Waals surface area (Å²) in [7, 11) is 0. The van der Waals surface area contributed by atoms with Crippen LogP contribution in [0, 0.1) is 49.4 Å². The predicted octanol–water partition coefficient (Wildman–Crippen LogP) is 2.86. The molecule has 1 saturated heterocycles. The van der Waals surface area contributed by atoms with E-state index in [1.165, 1.54) is 11.3 Å². The Morgan fingerprint density at radius 1 is 0.955 bits per heavy atom. The van der Waals surface area contributed by atoms with Gasteiger partial charge in [0.25, 0.3) is 0 Å². The average molecular weight is 293 g/mol. The molecule has 1 heterocycles. The summed E-state index contributed by atoms with van der Waals surface area (Å²) in [4.78, 5) is 27.6. The minimum Gasteiger partial charge on any atom is -0.274 e. The molecule has 6 rings (SSSR count). The number of amides is 2. The maximum atomic E-state index is 13.0. The van der Waals surface area contributed by atoms with Crippen LogP contribution in [0.15, 0.2) is 30.4 Å². The fraction of sp³-hybridized carbons (Fsp3) is 0.474. The van der Waals surface area contributed by atoms with Crippen molar-refractivity contribution >= 4 is 17.5 Å². The van der Waals surface area contributed by atoms with Crippen molar-refractivity contribution < 1.29 is 9.59 Å². The van der Waals surface area contributed by atoms with E-state index in [0.29, 0.717) is 23.7 Å². The van der Waals surface area contributed by atoms with Gasteiger partial charge in [0.2, 0.25) is 11.8 Å². The van der Waals surface area contributed by atoms with E-state index >= 15 is 0 Å². The van der Waals surface area contributed by atoms with Crippen molar-refractivity contribution in [3.05, 3.63) is 41.5 Å². The lowest BCUT2D eigenvalue weighted by Gasteiger charge is -2.37. The number of carbonyl (C=O) groups is 2. The summed E-state index contributed by atoms with van der Waals surface area (Å²) in [6.07, 6.45) is 5.65. The third-order valence-corrected chi connectivity index (χ3v) is 6.27. The topological polar surface area (TPSA) is 37.4 Å². The first-order valence-corrected chi connectivity index (χ1v) is 8.21. The Hall–Kier alpha value is -1.90. The monoisotopic (exact) mass is 293 g/mol. The maximum absolute atomic E-state index is 13.0. The molecule has 0 N–H and O–H groups in total. The highest BCUT2D eigenvalue weighted by Crippen LogP contribution is 2.65. The van der Waals surface area contributed by atoms with Gasteiger partial charge in [-0.15, -0.1) is 0 Å². The van der Waals surface area contributed by atoms with E-state index in [9.17, 15) is 9.59 Å². The van der Waals surface area contributed by atoms with Gasteiger partial charge in [0.1, 0.15) is 0 Å². The quantitative estimate of drug-likeness (QED) is 0.590. The molecule has 0 radical (unpaired) electrons. The van der Waals surface area contributed by atoms with Crippen LogP contribution in [0.2, 0.25) is 0 Å². The molecule has 2 amide bonds. The molecule has 3 fully saturated rings. The second-order valence-electron chi connectivity index (χ2n) is 7.46. The molecule has 112 valence electrons. The average Bonchev–Trinajstić information content (AvgIpc) is 3.28. The zero-order chi connectivity index (χ0) is 15.2. The summed E-state index contributed by atoms with van der Waals surface area (Å²) in [5.74, 6) is 1.77.